The molecule has 3 heterocycles. The maximum absolute atomic E-state index is 12.7. The van der Waals surface area contributed by atoms with Gasteiger partial charge in [0.1, 0.15) is 5.75 Å². The van der Waals surface area contributed by atoms with E-state index in [1.165, 1.54) is 0 Å². The summed E-state index contributed by atoms with van der Waals surface area (Å²) in [6.45, 7) is 2.51. The molecule has 0 aliphatic rings. The smallest absolute Gasteiger partial charge is 0.255 e. The van der Waals surface area contributed by atoms with Gasteiger partial charge in [0.25, 0.3) is 5.91 Å². The summed E-state index contributed by atoms with van der Waals surface area (Å²) in [4.78, 5) is 13.7. The third kappa shape index (κ3) is 3.95. The van der Waals surface area contributed by atoms with Crippen molar-refractivity contribution in [1.82, 2.24) is 19.8 Å². The zero-order valence-corrected chi connectivity index (χ0v) is 18.0. The molecule has 0 atom stereocenters. The van der Waals surface area contributed by atoms with Crippen LogP contribution in [-0.2, 0) is 0 Å². The molecular weight excluding hydrogens is 422 g/mol. The molecule has 158 valence electrons. The van der Waals surface area contributed by atoms with Crippen LogP contribution in [0.4, 0.5) is 5.69 Å². The lowest BCUT2D eigenvalue weighted by Gasteiger charge is -2.09. The van der Waals surface area contributed by atoms with Crippen LogP contribution in [0.5, 0.6) is 5.75 Å². The maximum Gasteiger partial charge on any atom is 0.255 e. The third-order valence-corrected chi connectivity index (χ3v) is 5.71. The van der Waals surface area contributed by atoms with Crippen LogP contribution in [0.25, 0.3) is 27.6 Å². The number of nitrogens with one attached hydrogen (secondary N) is 1. The first kappa shape index (κ1) is 19.9. The zero-order chi connectivity index (χ0) is 21.9. The molecule has 0 saturated heterocycles. The third-order valence-electron chi connectivity index (χ3n) is 4.85. The minimum Gasteiger partial charge on any atom is -0.494 e. The highest BCUT2D eigenvalue weighted by Crippen LogP contribution is 2.26. The second-order valence-corrected chi connectivity index (χ2v) is 7.93. The van der Waals surface area contributed by atoms with Gasteiger partial charge < -0.3 is 10.1 Å². The molecule has 0 bridgehead atoms. The average molecular weight is 442 g/mol. The molecule has 5 rings (SSSR count). The van der Waals surface area contributed by atoms with Crippen LogP contribution in [-0.4, -0.2) is 32.3 Å². The number of rotatable bonds is 6. The molecule has 0 aliphatic heterocycles. The van der Waals surface area contributed by atoms with E-state index in [0.717, 1.165) is 21.9 Å². The predicted molar refractivity (Wildman–Crippen MR) is 125 cm³/mol. The van der Waals surface area contributed by atoms with Crippen LogP contribution < -0.4 is 10.1 Å². The van der Waals surface area contributed by atoms with E-state index in [9.17, 15) is 4.79 Å². The van der Waals surface area contributed by atoms with Gasteiger partial charge in [0, 0.05) is 16.8 Å². The van der Waals surface area contributed by atoms with E-state index < -0.39 is 0 Å². The highest BCUT2D eigenvalue weighted by molar-refractivity contribution is 7.13. The van der Waals surface area contributed by atoms with Crippen molar-refractivity contribution in [3.8, 4) is 27.7 Å². The molecule has 0 spiro atoms. The number of fused-ring (bicyclic) bond motifs is 1. The second kappa shape index (κ2) is 8.60. The molecule has 0 fully saturated rings. The van der Waals surface area contributed by atoms with E-state index in [4.69, 9.17) is 9.84 Å². The molecular formula is C24H19N5O2S. The van der Waals surface area contributed by atoms with Crippen molar-refractivity contribution < 1.29 is 9.53 Å². The Balaban J connectivity index is 1.40. The lowest BCUT2D eigenvalue weighted by molar-refractivity contribution is 0.102. The summed E-state index contributed by atoms with van der Waals surface area (Å²) < 4.78 is 7.17. The average Bonchev–Trinajstić information content (AvgIpc) is 3.49. The fourth-order valence-corrected chi connectivity index (χ4v) is 4.02. The highest BCUT2D eigenvalue weighted by Gasteiger charge is 2.12. The molecule has 3 aromatic heterocycles. The first-order valence-electron chi connectivity index (χ1n) is 10.1. The van der Waals surface area contributed by atoms with Crippen LogP contribution in [0.1, 0.15) is 17.3 Å². The van der Waals surface area contributed by atoms with Crippen LogP contribution in [0.2, 0.25) is 0 Å². The van der Waals surface area contributed by atoms with Crippen molar-refractivity contribution in [2.45, 2.75) is 6.92 Å². The Morgan fingerprint density at radius 3 is 2.69 bits per heavy atom. The van der Waals surface area contributed by atoms with Gasteiger partial charge in [-0.2, -0.15) is 9.61 Å². The fraction of sp³-hybridized carbons (Fsp3) is 0.0833. The number of hydrogen-bond donors (Lipinski definition) is 1. The van der Waals surface area contributed by atoms with Crippen molar-refractivity contribution in [3.63, 3.8) is 0 Å². The van der Waals surface area contributed by atoms with Gasteiger partial charge in [-0.3, -0.25) is 4.79 Å². The van der Waals surface area contributed by atoms with E-state index in [2.05, 4.69) is 15.5 Å². The number of ether oxygens (including phenoxy) is 1. The molecule has 5 aromatic rings. The Labute approximate surface area is 188 Å². The standard InChI is InChI=1S/C24H19N5O2S/c1-2-31-19-10-8-16(9-11-19)24(30)25-18-6-3-5-17(15-18)20-12-13-22-26-27-23(29(22)28-20)21-7-4-14-32-21/h3-15H,2H2,1H3,(H,25,30). The summed E-state index contributed by atoms with van der Waals surface area (Å²) >= 11 is 1.59. The zero-order valence-electron chi connectivity index (χ0n) is 17.2. The number of anilines is 1. The number of carbonyl (C=O) groups excluding carboxylic acids is 1. The van der Waals surface area contributed by atoms with Gasteiger partial charge in [0.05, 0.1) is 17.2 Å². The van der Waals surface area contributed by atoms with E-state index in [1.54, 1.807) is 40.1 Å². The van der Waals surface area contributed by atoms with Crippen molar-refractivity contribution in [2.75, 3.05) is 11.9 Å². The molecule has 0 unspecified atom stereocenters. The largest absolute Gasteiger partial charge is 0.494 e. The Bertz CT molecular complexity index is 1380. The fourth-order valence-electron chi connectivity index (χ4n) is 3.33. The predicted octanol–water partition coefficient (Wildman–Crippen LogP) is 5.17. The van der Waals surface area contributed by atoms with E-state index >= 15 is 0 Å². The molecule has 1 N–H and O–H groups in total. The molecule has 2 aromatic carbocycles. The monoisotopic (exact) mass is 441 g/mol. The van der Waals surface area contributed by atoms with Gasteiger partial charge >= 0.3 is 0 Å². The minimum absolute atomic E-state index is 0.188. The number of amides is 1. The van der Waals surface area contributed by atoms with E-state index in [1.807, 2.05) is 60.8 Å². The number of nitrogens with zero attached hydrogens (tertiary/aromatic N) is 4. The van der Waals surface area contributed by atoms with Gasteiger partial charge in [0.2, 0.25) is 0 Å². The molecule has 7 nitrogen and oxygen atoms in total. The van der Waals surface area contributed by atoms with Crippen molar-refractivity contribution in [1.29, 1.82) is 0 Å². The summed E-state index contributed by atoms with van der Waals surface area (Å²) in [7, 11) is 0. The normalized spacial score (nSPS) is 10.9. The Kier molecular flexibility index (Phi) is 5.35. The summed E-state index contributed by atoms with van der Waals surface area (Å²) in [6, 6.07) is 22.4. The van der Waals surface area contributed by atoms with Crippen molar-refractivity contribution >= 4 is 28.6 Å². The minimum atomic E-state index is -0.188. The SMILES string of the molecule is CCOc1ccc(C(=O)Nc2cccc(-c3ccc4nnc(-c5cccs5)n4n3)c2)cc1. The molecule has 0 radical (unpaired) electrons. The molecule has 0 saturated carbocycles. The summed E-state index contributed by atoms with van der Waals surface area (Å²) in [5.74, 6) is 1.26. The van der Waals surface area contributed by atoms with E-state index in [-0.39, 0.29) is 5.91 Å². The first-order valence-corrected chi connectivity index (χ1v) is 11.0. The Hall–Kier alpha value is -4.04. The summed E-state index contributed by atoms with van der Waals surface area (Å²) in [6.07, 6.45) is 0. The van der Waals surface area contributed by atoms with Crippen LogP contribution in [0.3, 0.4) is 0 Å². The number of aromatic nitrogens is 4. The Morgan fingerprint density at radius 1 is 1.03 bits per heavy atom. The topological polar surface area (TPSA) is 81.4 Å². The molecule has 8 heteroatoms. The van der Waals surface area contributed by atoms with Gasteiger partial charge in [-0.15, -0.1) is 21.5 Å². The lowest BCUT2D eigenvalue weighted by Crippen LogP contribution is -2.11. The number of carbonyl (C=O) groups is 1. The summed E-state index contributed by atoms with van der Waals surface area (Å²) in [5, 5.41) is 18.2. The van der Waals surface area contributed by atoms with Gasteiger partial charge in [-0.05, 0) is 66.9 Å². The van der Waals surface area contributed by atoms with Crippen molar-refractivity contribution in [3.05, 3.63) is 83.7 Å². The number of thiophene rings is 1. The van der Waals surface area contributed by atoms with E-state index in [0.29, 0.717) is 29.3 Å². The molecule has 32 heavy (non-hydrogen) atoms. The maximum atomic E-state index is 12.7. The quantitative estimate of drug-likeness (QED) is 0.393. The van der Waals surface area contributed by atoms with Gasteiger partial charge in [-0.1, -0.05) is 18.2 Å². The van der Waals surface area contributed by atoms with Crippen LogP contribution in [0.15, 0.2) is 78.2 Å². The summed E-state index contributed by atoms with van der Waals surface area (Å²) in [5.41, 5.74) is 3.56. The number of benzene rings is 2. The molecule has 0 aliphatic carbocycles. The lowest BCUT2D eigenvalue weighted by atomic mass is 10.1. The van der Waals surface area contributed by atoms with Crippen molar-refractivity contribution in [2.24, 2.45) is 0 Å². The van der Waals surface area contributed by atoms with Gasteiger partial charge in [-0.25, -0.2) is 0 Å². The second-order valence-electron chi connectivity index (χ2n) is 6.98. The van der Waals surface area contributed by atoms with Crippen LogP contribution >= 0.6 is 11.3 Å². The van der Waals surface area contributed by atoms with Crippen LogP contribution in [0, 0.1) is 0 Å². The van der Waals surface area contributed by atoms with Gasteiger partial charge in [0.15, 0.2) is 11.5 Å². The first-order chi connectivity index (χ1) is 15.7. The Morgan fingerprint density at radius 2 is 1.91 bits per heavy atom. The number of hydrogen-bond acceptors (Lipinski definition) is 6. The molecule has 1 amide bonds. The highest BCUT2D eigenvalue weighted by atomic mass is 32.1.